The van der Waals surface area contributed by atoms with E-state index in [0.29, 0.717) is 18.7 Å². The molecule has 3 N–H and O–H groups in total. The van der Waals surface area contributed by atoms with Gasteiger partial charge in [-0.15, -0.1) is 12.8 Å². The van der Waals surface area contributed by atoms with Gasteiger partial charge < -0.3 is 19.8 Å². The molecule has 0 atom stereocenters. The molecule has 2 aromatic rings. The third-order valence-electron chi connectivity index (χ3n) is 4.59. The first-order chi connectivity index (χ1) is 18.8. The molecule has 2 aromatic heterocycles. The van der Waals surface area contributed by atoms with Crippen LogP contribution in [0.4, 0.5) is 0 Å². The van der Waals surface area contributed by atoms with Crippen LogP contribution in [-0.4, -0.2) is 43.6 Å². The van der Waals surface area contributed by atoms with Crippen molar-refractivity contribution < 1.29 is 14.0 Å². The zero-order valence-corrected chi connectivity index (χ0v) is 25.1. The van der Waals surface area contributed by atoms with Gasteiger partial charge in [0.15, 0.2) is 6.19 Å². The van der Waals surface area contributed by atoms with Crippen molar-refractivity contribution in [3.05, 3.63) is 63.9 Å². The summed E-state index contributed by atoms with van der Waals surface area (Å²) in [6.07, 6.45) is 19.2. The lowest BCUT2D eigenvalue weighted by Crippen LogP contribution is -2.30. The lowest BCUT2D eigenvalue weighted by Gasteiger charge is -2.19. The summed E-state index contributed by atoms with van der Waals surface area (Å²) in [5.41, 5.74) is 7.48. The number of hydrogen-bond donors (Lipinski definition) is 2. The summed E-state index contributed by atoms with van der Waals surface area (Å²) in [6.45, 7) is 14.6. The number of aldehydes is 1. The Hall–Kier alpha value is -3.92. The van der Waals surface area contributed by atoms with E-state index in [4.69, 9.17) is 9.68 Å². The van der Waals surface area contributed by atoms with E-state index >= 15 is 0 Å². The van der Waals surface area contributed by atoms with E-state index in [1.807, 2.05) is 26.0 Å². The SMILES string of the molecule is C#C.C=C/C(=C\c1cc(C)oc1C)N=CNC#N.CCCCCN(CCC=O)C(C)=O.CN.Cc1ccsc1. The fourth-order valence-electron chi connectivity index (χ4n) is 2.76. The minimum Gasteiger partial charge on any atom is -0.466 e. The van der Waals surface area contributed by atoms with Crippen LogP contribution in [0.2, 0.25) is 0 Å². The second kappa shape index (κ2) is 28.6. The zero-order chi connectivity index (χ0) is 30.5. The Morgan fingerprint density at radius 2 is 1.95 bits per heavy atom. The molecule has 9 heteroatoms. The molecule has 2 rings (SSSR count). The van der Waals surface area contributed by atoms with Crippen molar-refractivity contribution in [2.24, 2.45) is 10.7 Å². The van der Waals surface area contributed by atoms with Crippen LogP contribution in [0.15, 0.2) is 50.7 Å². The number of carbonyl (C=O) groups excluding carboxylic acids is 2. The molecule has 0 aliphatic rings. The van der Waals surface area contributed by atoms with Gasteiger partial charge in [-0.25, -0.2) is 4.99 Å². The first kappa shape index (κ1) is 39.6. The van der Waals surface area contributed by atoms with Crippen molar-refractivity contribution in [3.63, 3.8) is 0 Å². The van der Waals surface area contributed by atoms with Crippen molar-refractivity contribution in [2.45, 2.75) is 60.3 Å². The van der Waals surface area contributed by atoms with Gasteiger partial charge in [-0.2, -0.15) is 16.6 Å². The van der Waals surface area contributed by atoms with Crippen LogP contribution in [-0.2, 0) is 9.59 Å². The Kier molecular flexibility index (Phi) is 29.1. The van der Waals surface area contributed by atoms with Crippen LogP contribution in [0, 0.1) is 45.1 Å². The zero-order valence-electron chi connectivity index (χ0n) is 24.3. The Morgan fingerprint density at radius 3 is 2.33 bits per heavy atom. The number of thiophene rings is 1. The summed E-state index contributed by atoms with van der Waals surface area (Å²) < 4.78 is 5.39. The molecule has 214 valence electrons. The topological polar surface area (TPSA) is 125 Å². The molecule has 0 bridgehead atoms. The van der Waals surface area contributed by atoms with Gasteiger partial charge in [-0.05, 0) is 74.8 Å². The summed E-state index contributed by atoms with van der Waals surface area (Å²) in [5, 5.41) is 14.8. The van der Waals surface area contributed by atoms with Gasteiger partial charge in [0.25, 0.3) is 0 Å². The maximum Gasteiger partial charge on any atom is 0.219 e. The number of allylic oxidation sites excluding steroid dienone is 1. The molecule has 2 heterocycles. The second-order valence-corrected chi connectivity index (χ2v) is 8.41. The Bertz CT molecular complexity index is 1020. The molecular formula is C30H45N5O3S. The van der Waals surface area contributed by atoms with Crippen molar-refractivity contribution in [1.82, 2.24) is 10.2 Å². The molecule has 0 aliphatic heterocycles. The molecule has 1 amide bonds. The van der Waals surface area contributed by atoms with Crippen LogP contribution in [0.1, 0.15) is 62.2 Å². The van der Waals surface area contributed by atoms with Crippen molar-refractivity contribution in [1.29, 1.82) is 5.26 Å². The molecule has 8 nitrogen and oxygen atoms in total. The standard InChI is InChI=1S/C12H13N3O.C10H19NO2.C5H6S.C2H2.CH5N/c1-4-12(15-8-14-7-13)6-11-5-9(2)16-10(11)3;1-3-4-5-7-11(10(2)13)8-6-9-12;1-5-2-3-6-4-5;2*1-2/h4-6,8H,1H2,2-3H3,(H,14,15);9H,3-8H2,1-2H3;2-4H,1H3;1-2H;2H2,1H3/b12-6+;;;;. The van der Waals surface area contributed by atoms with Crippen molar-refractivity contribution >= 4 is 35.9 Å². The van der Waals surface area contributed by atoms with E-state index in [1.165, 1.54) is 18.9 Å². The summed E-state index contributed by atoms with van der Waals surface area (Å²) in [6, 6.07) is 4.02. The number of nitrogens with one attached hydrogen (secondary N) is 1. The summed E-state index contributed by atoms with van der Waals surface area (Å²) in [7, 11) is 1.50. The van der Waals surface area contributed by atoms with Crippen molar-refractivity contribution in [3.8, 4) is 19.0 Å². The summed E-state index contributed by atoms with van der Waals surface area (Å²) in [4.78, 5) is 26.9. The van der Waals surface area contributed by atoms with Crippen LogP contribution in [0.25, 0.3) is 6.08 Å². The van der Waals surface area contributed by atoms with Crippen molar-refractivity contribution in [2.75, 3.05) is 20.1 Å². The number of aryl methyl sites for hydroxylation is 3. The molecule has 0 unspecified atom stereocenters. The average molecular weight is 556 g/mol. The van der Waals surface area contributed by atoms with Gasteiger partial charge in [0.05, 0.1) is 5.70 Å². The van der Waals surface area contributed by atoms with E-state index in [0.717, 1.165) is 49.2 Å². The smallest absolute Gasteiger partial charge is 0.219 e. The number of rotatable bonds is 11. The molecule has 0 saturated carbocycles. The highest BCUT2D eigenvalue weighted by atomic mass is 32.1. The van der Waals surface area contributed by atoms with Gasteiger partial charge in [0, 0.05) is 32.0 Å². The molecule has 0 spiro atoms. The Labute approximate surface area is 239 Å². The molecule has 0 fully saturated rings. The largest absolute Gasteiger partial charge is 0.466 e. The number of terminal acetylenes is 1. The lowest BCUT2D eigenvalue weighted by atomic mass is 10.2. The number of furan rings is 1. The molecule has 39 heavy (non-hydrogen) atoms. The number of unbranched alkanes of at least 4 members (excludes halogenated alkanes) is 2. The third kappa shape index (κ3) is 23.0. The maximum atomic E-state index is 11.1. The number of nitrogens with zero attached hydrogens (tertiary/aromatic N) is 3. The van der Waals surface area contributed by atoms with Crippen LogP contribution < -0.4 is 11.1 Å². The normalized spacial score (nSPS) is 9.49. The highest BCUT2D eigenvalue weighted by Gasteiger charge is 2.06. The molecule has 0 saturated heterocycles. The first-order valence-electron chi connectivity index (χ1n) is 12.5. The maximum absolute atomic E-state index is 11.1. The Morgan fingerprint density at radius 1 is 1.28 bits per heavy atom. The van der Waals surface area contributed by atoms with E-state index in [2.05, 4.69) is 66.1 Å². The average Bonchev–Trinajstić information content (AvgIpc) is 3.55. The minimum atomic E-state index is 0.0675. The monoisotopic (exact) mass is 555 g/mol. The van der Waals surface area contributed by atoms with Gasteiger partial charge >= 0.3 is 0 Å². The molecule has 0 radical (unpaired) electrons. The number of aliphatic imine (C=N–C) groups is 1. The van der Waals surface area contributed by atoms with E-state index in [9.17, 15) is 9.59 Å². The number of carbonyl (C=O) groups is 2. The number of hydrogen-bond acceptors (Lipinski definition) is 7. The van der Waals surface area contributed by atoms with Gasteiger partial charge in [-0.1, -0.05) is 26.3 Å². The fourth-order valence-corrected chi connectivity index (χ4v) is 3.42. The highest BCUT2D eigenvalue weighted by Crippen LogP contribution is 2.17. The van der Waals surface area contributed by atoms with Gasteiger partial charge in [-0.3, -0.25) is 10.1 Å². The van der Waals surface area contributed by atoms with Crippen LogP contribution in [0.3, 0.4) is 0 Å². The third-order valence-corrected chi connectivity index (χ3v) is 5.39. The quantitative estimate of drug-likeness (QED) is 0.0511. The number of amides is 1. The lowest BCUT2D eigenvalue weighted by molar-refractivity contribution is -0.129. The molecule has 0 aromatic carbocycles. The fraction of sp³-hybridized carbons (Fsp3) is 0.400. The predicted octanol–water partition coefficient (Wildman–Crippen LogP) is 6.02. The van der Waals surface area contributed by atoms with Gasteiger partial charge in [0.1, 0.15) is 24.1 Å². The summed E-state index contributed by atoms with van der Waals surface area (Å²) in [5.74, 6) is 1.75. The number of nitrogens with two attached hydrogens (primary N) is 1. The van der Waals surface area contributed by atoms with Gasteiger partial charge in [0.2, 0.25) is 5.91 Å². The summed E-state index contributed by atoms with van der Waals surface area (Å²) >= 11 is 1.74. The Balaban J connectivity index is -0.000000502. The number of nitriles is 1. The van der Waals surface area contributed by atoms with Crippen LogP contribution in [0.5, 0.6) is 0 Å². The van der Waals surface area contributed by atoms with E-state index < -0.39 is 0 Å². The van der Waals surface area contributed by atoms with E-state index in [1.54, 1.807) is 35.4 Å². The first-order valence-corrected chi connectivity index (χ1v) is 13.4. The van der Waals surface area contributed by atoms with E-state index in [-0.39, 0.29) is 5.91 Å². The second-order valence-electron chi connectivity index (χ2n) is 7.63. The molecular weight excluding hydrogens is 510 g/mol. The van der Waals surface area contributed by atoms with Crippen LogP contribution >= 0.6 is 11.3 Å². The predicted molar refractivity (Wildman–Crippen MR) is 165 cm³/mol. The highest BCUT2D eigenvalue weighted by molar-refractivity contribution is 7.07. The molecule has 0 aliphatic carbocycles. The minimum absolute atomic E-state index is 0.0675.